The van der Waals surface area contributed by atoms with E-state index in [0.29, 0.717) is 6.42 Å². The van der Waals surface area contributed by atoms with E-state index in [4.69, 9.17) is 9.47 Å². The van der Waals surface area contributed by atoms with Gasteiger partial charge < -0.3 is 9.47 Å². The van der Waals surface area contributed by atoms with Gasteiger partial charge in [0, 0.05) is 4.83 Å². The number of hydrogen-bond donors (Lipinski definition) is 0. The van der Waals surface area contributed by atoms with Gasteiger partial charge in [-0.1, -0.05) is 51.6 Å². The average Bonchev–Trinajstić information content (AvgIpc) is 2.36. The molecule has 4 nitrogen and oxygen atoms in total. The van der Waals surface area contributed by atoms with Crippen LogP contribution in [0.5, 0.6) is 0 Å². The standard InChI is InChI=1S/C13H22Br2O4/c1-4-7-8-10(14)9-13(15,11(16)18-5-2)12(17)19-6-3/h10H,4-9H2,1-3H3. The molecule has 0 spiro atoms. The van der Waals surface area contributed by atoms with Crippen LogP contribution in [0.4, 0.5) is 0 Å². The number of alkyl halides is 2. The number of hydrogen-bond acceptors (Lipinski definition) is 4. The molecule has 1 unspecified atom stereocenters. The molecule has 112 valence electrons. The Bertz CT molecular complexity index is 276. The van der Waals surface area contributed by atoms with E-state index >= 15 is 0 Å². The minimum Gasteiger partial charge on any atom is -0.465 e. The third-order valence-corrected chi connectivity index (χ3v) is 4.32. The summed E-state index contributed by atoms with van der Waals surface area (Å²) in [6.45, 7) is 5.97. The van der Waals surface area contributed by atoms with Crippen molar-refractivity contribution in [3.63, 3.8) is 0 Å². The van der Waals surface area contributed by atoms with E-state index in [0.717, 1.165) is 19.3 Å². The molecule has 0 rings (SSSR count). The fourth-order valence-corrected chi connectivity index (χ4v) is 3.44. The Morgan fingerprint density at radius 3 is 1.95 bits per heavy atom. The smallest absolute Gasteiger partial charge is 0.334 e. The molecule has 0 bridgehead atoms. The second-order valence-electron chi connectivity index (χ2n) is 4.19. The van der Waals surface area contributed by atoms with Gasteiger partial charge in [-0.3, -0.25) is 0 Å². The maximum Gasteiger partial charge on any atom is 0.334 e. The lowest BCUT2D eigenvalue weighted by atomic mass is 10.0. The quantitative estimate of drug-likeness (QED) is 0.336. The maximum atomic E-state index is 12.0. The summed E-state index contributed by atoms with van der Waals surface area (Å²) in [5.41, 5.74) is 0. The van der Waals surface area contributed by atoms with Crippen LogP contribution in [0.2, 0.25) is 0 Å². The lowest BCUT2D eigenvalue weighted by Crippen LogP contribution is -2.45. The van der Waals surface area contributed by atoms with E-state index in [-0.39, 0.29) is 18.0 Å². The summed E-state index contributed by atoms with van der Waals surface area (Å²) in [5, 5.41) is 0. The highest BCUT2D eigenvalue weighted by Crippen LogP contribution is 2.32. The molecule has 0 saturated carbocycles. The van der Waals surface area contributed by atoms with E-state index in [1.54, 1.807) is 13.8 Å². The molecule has 0 aliphatic heterocycles. The van der Waals surface area contributed by atoms with Crippen LogP contribution in [0.1, 0.15) is 46.5 Å². The highest BCUT2D eigenvalue weighted by atomic mass is 79.9. The summed E-state index contributed by atoms with van der Waals surface area (Å²) < 4.78 is 8.53. The summed E-state index contributed by atoms with van der Waals surface area (Å²) in [7, 11) is 0. The van der Waals surface area contributed by atoms with Crippen molar-refractivity contribution < 1.29 is 19.1 Å². The predicted molar refractivity (Wildman–Crippen MR) is 81.8 cm³/mol. The molecule has 0 amide bonds. The molecule has 6 heteroatoms. The molecule has 0 aromatic carbocycles. The Morgan fingerprint density at radius 2 is 1.58 bits per heavy atom. The molecule has 19 heavy (non-hydrogen) atoms. The van der Waals surface area contributed by atoms with Crippen molar-refractivity contribution in [2.75, 3.05) is 13.2 Å². The maximum absolute atomic E-state index is 12.0. The number of halogens is 2. The normalized spacial score (nSPS) is 12.9. The number of carbonyl (C=O) groups is 2. The van der Waals surface area contributed by atoms with Gasteiger partial charge in [0.2, 0.25) is 4.32 Å². The van der Waals surface area contributed by atoms with Crippen LogP contribution in [-0.4, -0.2) is 34.3 Å². The van der Waals surface area contributed by atoms with Gasteiger partial charge in [-0.15, -0.1) is 0 Å². The van der Waals surface area contributed by atoms with E-state index in [2.05, 4.69) is 38.8 Å². The Balaban J connectivity index is 4.84. The zero-order valence-electron chi connectivity index (χ0n) is 11.7. The highest BCUT2D eigenvalue weighted by molar-refractivity contribution is 9.11. The highest BCUT2D eigenvalue weighted by Gasteiger charge is 2.47. The first kappa shape index (κ1) is 18.9. The van der Waals surface area contributed by atoms with Gasteiger partial charge >= 0.3 is 11.9 Å². The summed E-state index contributed by atoms with van der Waals surface area (Å²) in [5.74, 6) is -1.18. The summed E-state index contributed by atoms with van der Waals surface area (Å²) >= 11 is 6.74. The van der Waals surface area contributed by atoms with Gasteiger partial charge in [0.15, 0.2) is 0 Å². The average molecular weight is 402 g/mol. The zero-order valence-corrected chi connectivity index (χ0v) is 14.9. The zero-order chi connectivity index (χ0) is 14.9. The van der Waals surface area contributed by atoms with Crippen LogP contribution in [0.15, 0.2) is 0 Å². The minimum atomic E-state index is -1.42. The first-order valence-electron chi connectivity index (χ1n) is 6.59. The second-order valence-corrected chi connectivity index (χ2v) is 6.83. The fourth-order valence-electron chi connectivity index (χ4n) is 1.57. The molecule has 0 aliphatic rings. The number of ether oxygens (including phenoxy) is 2. The van der Waals surface area contributed by atoms with E-state index in [1.165, 1.54) is 0 Å². The van der Waals surface area contributed by atoms with Crippen LogP contribution in [0.3, 0.4) is 0 Å². The van der Waals surface area contributed by atoms with Gasteiger partial charge in [0.25, 0.3) is 0 Å². The van der Waals surface area contributed by atoms with Gasteiger partial charge in [-0.05, 0) is 26.7 Å². The monoisotopic (exact) mass is 400 g/mol. The predicted octanol–water partition coefficient (Wildman–Crippen LogP) is 3.59. The molecule has 1 atom stereocenters. The lowest BCUT2D eigenvalue weighted by Gasteiger charge is -2.25. The van der Waals surface area contributed by atoms with Crippen molar-refractivity contribution in [3.05, 3.63) is 0 Å². The lowest BCUT2D eigenvalue weighted by molar-refractivity contribution is -0.158. The summed E-state index contributed by atoms with van der Waals surface area (Å²) in [6, 6.07) is 0. The molecule has 0 aliphatic carbocycles. The van der Waals surface area contributed by atoms with Crippen LogP contribution < -0.4 is 0 Å². The Kier molecular flexibility index (Phi) is 9.70. The molecule has 0 saturated heterocycles. The van der Waals surface area contributed by atoms with Gasteiger partial charge in [-0.25, -0.2) is 9.59 Å². The van der Waals surface area contributed by atoms with Crippen molar-refractivity contribution >= 4 is 43.8 Å². The summed E-state index contributed by atoms with van der Waals surface area (Å²) in [6.07, 6.45) is 3.30. The molecule has 0 radical (unpaired) electrons. The number of esters is 2. The molecule has 0 aromatic rings. The third-order valence-electron chi connectivity index (χ3n) is 2.57. The van der Waals surface area contributed by atoms with Gasteiger partial charge in [-0.2, -0.15) is 0 Å². The van der Waals surface area contributed by atoms with Gasteiger partial charge in [0.05, 0.1) is 13.2 Å². The Hall–Kier alpha value is -0.100. The Labute approximate surface area is 131 Å². The van der Waals surface area contributed by atoms with Crippen LogP contribution >= 0.6 is 31.9 Å². The number of unbranched alkanes of at least 4 members (excludes halogenated alkanes) is 1. The molecular formula is C13H22Br2O4. The van der Waals surface area contributed by atoms with Crippen molar-refractivity contribution in [3.8, 4) is 0 Å². The minimum absolute atomic E-state index is 0.0561. The molecule has 0 aromatic heterocycles. The molecular weight excluding hydrogens is 380 g/mol. The largest absolute Gasteiger partial charge is 0.465 e. The first-order chi connectivity index (χ1) is 8.92. The van der Waals surface area contributed by atoms with Crippen molar-refractivity contribution in [1.82, 2.24) is 0 Å². The number of carbonyl (C=O) groups excluding carboxylic acids is 2. The molecule has 0 fully saturated rings. The van der Waals surface area contributed by atoms with Crippen LogP contribution in [0, 0.1) is 0 Å². The van der Waals surface area contributed by atoms with Crippen molar-refractivity contribution in [2.24, 2.45) is 0 Å². The molecule has 0 heterocycles. The van der Waals surface area contributed by atoms with E-state index < -0.39 is 16.3 Å². The number of rotatable bonds is 9. The SMILES string of the molecule is CCCCC(Br)CC(Br)(C(=O)OCC)C(=O)OCC. The Morgan fingerprint density at radius 1 is 1.11 bits per heavy atom. The van der Waals surface area contributed by atoms with Gasteiger partial charge in [0.1, 0.15) is 0 Å². The summed E-state index contributed by atoms with van der Waals surface area (Å²) in [4.78, 5) is 24.1. The molecule has 0 N–H and O–H groups in total. The van der Waals surface area contributed by atoms with E-state index in [1.807, 2.05) is 0 Å². The van der Waals surface area contributed by atoms with Crippen LogP contribution in [0.25, 0.3) is 0 Å². The van der Waals surface area contributed by atoms with Crippen molar-refractivity contribution in [2.45, 2.75) is 55.6 Å². The second kappa shape index (κ2) is 9.75. The third kappa shape index (κ3) is 6.25. The van der Waals surface area contributed by atoms with E-state index in [9.17, 15) is 9.59 Å². The fraction of sp³-hybridized carbons (Fsp3) is 0.846. The first-order valence-corrected chi connectivity index (χ1v) is 8.30. The van der Waals surface area contributed by atoms with Crippen molar-refractivity contribution in [1.29, 1.82) is 0 Å². The van der Waals surface area contributed by atoms with Crippen LogP contribution in [-0.2, 0) is 19.1 Å². The topological polar surface area (TPSA) is 52.6 Å².